The zero-order valence-electron chi connectivity index (χ0n) is 13.5. The van der Waals surface area contributed by atoms with Crippen molar-refractivity contribution in [3.63, 3.8) is 0 Å². The van der Waals surface area contributed by atoms with Crippen LogP contribution in [0.1, 0.15) is 44.4 Å². The van der Waals surface area contributed by atoms with E-state index in [1.165, 1.54) is 6.07 Å². The largest absolute Gasteiger partial charge is 0.444 e. The molecule has 23 heavy (non-hydrogen) atoms. The minimum atomic E-state index is -1.32. The first-order valence-electron chi connectivity index (χ1n) is 7.35. The second kappa shape index (κ2) is 8.24. The highest BCUT2D eigenvalue weighted by molar-refractivity contribution is 5.67. The number of rotatable bonds is 6. The molecule has 2 unspecified atom stereocenters. The summed E-state index contributed by atoms with van der Waals surface area (Å²) in [6, 6.07) is 3.65. The number of alkyl carbamates (subject to hydrolysis) is 1. The molecule has 1 aromatic rings. The molecule has 0 saturated carbocycles. The van der Waals surface area contributed by atoms with Gasteiger partial charge in [-0.05, 0) is 50.5 Å². The lowest BCUT2D eigenvalue weighted by Gasteiger charge is -2.21. The number of halogens is 1. The molecule has 0 spiro atoms. The van der Waals surface area contributed by atoms with Gasteiger partial charge in [-0.2, -0.15) is 0 Å². The highest BCUT2D eigenvalue weighted by Crippen LogP contribution is 2.21. The molecule has 0 aromatic heterocycles. The molecule has 0 aliphatic carbocycles. The van der Waals surface area contributed by atoms with E-state index in [0.717, 1.165) is 12.1 Å². The van der Waals surface area contributed by atoms with Crippen molar-refractivity contribution in [2.45, 2.75) is 51.6 Å². The van der Waals surface area contributed by atoms with Crippen LogP contribution in [-0.4, -0.2) is 39.7 Å². The van der Waals surface area contributed by atoms with Crippen LogP contribution in [0.3, 0.4) is 0 Å². The van der Waals surface area contributed by atoms with Gasteiger partial charge < -0.3 is 25.4 Å². The lowest BCUT2D eigenvalue weighted by molar-refractivity contribution is 0.0121. The van der Waals surface area contributed by atoms with Crippen LogP contribution < -0.4 is 5.32 Å². The molecule has 0 saturated heterocycles. The number of carbonyl (C=O) groups excluding carboxylic acids is 1. The predicted octanol–water partition coefficient (Wildman–Crippen LogP) is 1.63. The second-order valence-electron chi connectivity index (χ2n) is 6.28. The van der Waals surface area contributed by atoms with Crippen molar-refractivity contribution < 1.29 is 29.2 Å². The number of benzene rings is 1. The van der Waals surface area contributed by atoms with E-state index >= 15 is 0 Å². The molecular formula is C16H24FNO5. The van der Waals surface area contributed by atoms with E-state index < -0.39 is 29.7 Å². The standard InChI is InChI=1S/C16H24FNO5/c1-16(2,3)23-15(22)18-5-4-13(20)14(21)11-6-10(9-19)7-12(17)8-11/h6-8,13-14,19-21H,4-5,9H2,1-3H3,(H,18,22). The molecule has 0 aliphatic rings. The molecule has 7 heteroatoms. The fourth-order valence-electron chi connectivity index (χ4n) is 1.95. The van der Waals surface area contributed by atoms with E-state index in [1.807, 2.05) is 0 Å². The van der Waals surface area contributed by atoms with E-state index in [0.29, 0.717) is 5.56 Å². The summed E-state index contributed by atoms with van der Waals surface area (Å²) in [5, 5.41) is 31.5. The molecule has 6 nitrogen and oxygen atoms in total. The van der Waals surface area contributed by atoms with Crippen molar-refractivity contribution in [1.29, 1.82) is 0 Å². The van der Waals surface area contributed by atoms with Crippen molar-refractivity contribution in [3.8, 4) is 0 Å². The Hall–Kier alpha value is -1.70. The van der Waals surface area contributed by atoms with Crippen LogP contribution in [0.4, 0.5) is 9.18 Å². The van der Waals surface area contributed by atoms with Gasteiger partial charge >= 0.3 is 6.09 Å². The zero-order chi connectivity index (χ0) is 17.6. The molecule has 130 valence electrons. The van der Waals surface area contributed by atoms with Gasteiger partial charge in [-0.25, -0.2) is 9.18 Å². The summed E-state index contributed by atoms with van der Waals surface area (Å²) < 4.78 is 18.4. The predicted molar refractivity (Wildman–Crippen MR) is 82.1 cm³/mol. The van der Waals surface area contributed by atoms with E-state index in [2.05, 4.69) is 5.32 Å². The fourth-order valence-corrected chi connectivity index (χ4v) is 1.95. The summed E-state index contributed by atoms with van der Waals surface area (Å²) >= 11 is 0. The van der Waals surface area contributed by atoms with Gasteiger partial charge in [-0.1, -0.05) is 6.07 Å². The van der Waals surface area contributed by atoms with Crippen molar-refractivity contribution >= 4 is 6.09 Å². The number of hydrogen-bond acceptors (Lipinski definition) is 5. The molecular weight excluding hydrogens is 305 g/mol. The van der Waals surface area contributed by atoms with Crippen LogP contribution in [0.5, 0.6) is 0 Å². The van der Waals surface area contributed by atoms with Crippen LogP contribution in [0.15, 0.2) is 18.2 Å². The van der Waals surface area contributed by atoms with Gasteiger partial charge in [0.05, 0.1) is 12.7 Å². The highest BCUT2D eigenvalue weighted by Gasteiger charge is 2.21. The Bertz CT molecular complexity index is 530. The van der Waals surface area contributed by atoms with Crippen molar-refractivity contribution in [2.75, 3.05) is 6.54 Å². The molecule has 1 aromatic carbocycles. The van der Waals surface area contributed by atoms with Crippen LogP contribution in [0.25, 0.3) is 0 Å². The molecule has 0 radical (unpaired) electrons. The third-order valence-corrected chi connectivity index (χ3v) is 2.98. The highest BCUT2D eigenvalue weighted by atomic mass is 19.1. The average molecular weight is 329 g/mol. The summed E-state index contributed by atoms with van der Waals surface area (Å²) in [6.45, 7) is 4.92. The number of aliphatic hydroxyl groups excluding tert-OH is 3. The van der Waals surface area contributed by atoms with Crippen molar-refractivity contribution in [2.24, 2.45) is 0 Å². The first kappa shape index (κ1) is 19.3. The van der Waals surface area contributed by atoms with Crippen LogP contribution in [0, 0.1) is 5.82 Å². The normalized spacial score (nSPS) is 14.2. The SMILES string of the molecule is CC(C)(C)OC(=O)NCCC(O)C(O)c1cc(F)cc(CO)c1. The van der Waals surface area contributed by atoms with Gasteiger partial charge in [0.1, 0.15) is 17.5 Å². The van der Waals surface area contributed by atoms with Gasteiger partial charge in [0.2, 0.25) is 0 Å². The third kappa shape index (κ3) is 6.94. The maximum Gasteiger partial charge on any atom is 0.407 e. The number of hydrogen-bond donors (Lipinski definition) is 4. The minimum absolute atomic E-state index is 0.0609. The van der Waals surface area contributed by atoms with Gasteiger partial charge in [0.15, 0.2) is 0 Å². The Kier molecular flexibility index (Phi) is 6.93. The number of nitrogens with one attached hydrogen (secondary N) is 1. The first-order valence-corrected chi connectivity index (χ1v) is 7.35. The number of ether oxygens (including phenoxy) is 1. The summed E-state index contributed by atoms with van der Waals surface area (Å²) in [4.78, 5) is 11.5. The Morgan fingerprint density at radius 3 is 2.52 bits per heavy atom. The lowest BCUT2D eigenvalue weighted by atomic mass is 10.00. The average Bonchev–Trinajstić information content (AvgIpc) is 2.43. The zero-order valence-corrected chi connectivity index (χ0v) is 13.5. The summed E-state index contributed by atoms with van der Waals surface area (Å²) in [7, 11) is 0. The first-order chi connectivity index (χ1) is 10.6. The smallest absolute Gasteiger partial charge is 0.407 e. The minimum Gasteiger partial charge on any atom is -0.444 e. The molecule has 4 N–H and O–H groups in total. The van der Waals surface area contributed by atoms with Gasteiger partial charge in [-0.3, -0.25) is 0 Å². The summed E-state index contributed by atoms with van der Waals surface area (Å²) in [6.07, 6.45) is -3.08. The van der Waals surface area contributed by atoms with E-state index in [9.17, 15) is 19.4 Å². The molecule has 1 rings (SSSR count). The molecule has 0 bridgehead atoms. The Labute approximate surface area is 134 Å². The van der Waals surface area contributed by atoms with Crippen LogP contribution >= 0.6 is 0 Å². The summed E-state index contributed by atoms with van der Waals surface area (Å²) in [5.41, 5.74) is -0.151. The van der Waals surface area contributed by atoms with Crippen molar-refractivity contribution in [1.82, 2.24) is 5.32 Å². The molecule has 2 atom stereocenters. The van der Waals surface area contributed by atoms with Crippen LogP contribution in [-0.2, 0) is 11.3 Å². The molecule has 1 amide bonds. The number of aliphatic hydroxyl groups is 3. The maximum absolute atomic E-state index is 13.4. The second-order valence-corrected chi connectivity index (χ2v) is 6.28. The monoisotopic (exact) mass is 329 g/mol. The maximum atomic E-state index is 13.4. The fraction of sp³-hybridized carbons (Fsp3) is 0.562. The van der Waals surface area contributed by atoms with Crippen LogP contribution in [0.2, 0.25) is 0 Å². The number of amides is 1. The van der Waals surface area contributed by atoms with E-state index in [-0.39, 0.29) is 25.1 Å². The Balaban J connectivity index is 2.53. The van der Waals surface area contributed by atoms with Gasteiger partial charge in [0, 0.05) is 6.54 Å². The molecule has 0 fully saturated rings. The lowest BCUT2D eigenvalue weighted by Crippen LogP contribution is -2.34. The van der Waals surface area contributed by atoms with E-state index in [1.54, 1.807) is 20.8 Å². The Morgan fingerprint density at radius 1 is 1.30 bits per heavy atom. The van der Waals surface area contributed by atoms with Crippen molar-refractivity contribution in [3.05, 3.63) is 35.1 Å². The van der Waals surface area contributed by atoms with E-state index in [4.69, 9.17) is 9.84 Å². The molecule has 0 heterocycles. The Morgan fingerprint density at radius 2 is 1.96 bits per heavy atom. The molecule has 0 aliphatic heterocycles. The topological polar surface area (TPSA) is 99.0 Å². The third-order valence-electron chi connectivity index (χ3n) is 2.98. The van der Waals surface area contributed by atoms with Gasteiger partial charge in [-0.15, -0.1) is 0 Å². The number of carbonyl (C=O) groups is 1. The van der Waals surface area contributed by atoms with Gasteiger partial charge in [0.25, 0.3) is 0 Å². The quantitative estimate of drug-likeness (QED) is 0.636. The summed E-state index contributed by atoms with van der Waals surface area (Å²) in [5.74, 6) is -0.607.